The fourth-order valence-electron chi connectivity index (χ4n) is 7.05. The molecular weight excluding hydrogens is 623 g/mol. The van der Waals surface area contributed by atoms with Crippen molar-refractivity contribution >= 4 is 52.3 Å². The van der Waals surface area contributed by atoms with Gasteiger partial charge in [0.05, 0.1) is 30.6 Å². The predicted molar refractivity (Wildman–Crippen MR) is 187 cm³/mol. The molecule has 0 fully saturated rings. The van der Waals surface area contributed by atoms with Crippen molar-refractivity contribution in [2.24, 2.45) is 0 Å². The molecule has 8 aromatic rings. The maximum atomic E-state index is 13.7. The van der Waals surface area contributed by atoms with Crippen LogP contribution in [0, 0.1) is 0 Å². The summed E-state index contributed by atoms with van der Waals surface area (Å²) in [6.07, 6.45) is 0. The molecule has 0 spiro atoms. The molecule has 1 aliphatic rings. The smallest absolute Gasteiger partial charge is 0.209 e. The molecule has 0 amide bonds. The summed E-state index contributed by atoms with van der Waals surface area (Å²) in [4.78, 5) is -0.761. The van der Waals surface area contributed by atoms with Crippen LogP contribution in [-0.4, -0.2) is 21.4 Å². The average Bonchev–Trinajstić information content (AvgIpc) is 3.45. The average molecular weight is 648 g/mol. The lowest BCUT2D eigenvalue weighted by Gasteiger charge is -2.21. The minimum atomic E-state index is -4.06. The second-order valence-corrected chi connectivity index (χ2v) is 15.5. The molecule has 0 aliphatic carbocycles. The molecule has 0 saturated carbocycles. The van der Waals surface area contributed by atoms with E-state index in [0.29, 0.717) is 5.56 Å². The van der Waals surface area contributed by atoms with E-state index in [9.17, 15) is 16.8 Å². The Balaban J connectivity index is 1.21. The quantitative estimate of drug-likeness (QED) is 0.192. The van der Waals surface area contributed by atoms with Crippen molar-refractivity contribution < 1.29 is 16.8 Å². The fourth-order valence-corrected chi connectivity index (χ4v) is 11.2. The normalized spacial score (nSPS) is 14.6. The number of hydrogen-bond acceptors (Lipinski definition) is 4. The summed E-state index contributed by atoms with van der Waals surface area (Å²) in [6.45, 7) is 0. The van der Waals surface area contributed by atoms with Crippen molar-refractivity contribution in [3.8, 4) is 27.9 Å². The van der Waals surface area contributed by atoms with Gasteiger partial charge in [0.1, 0.15) is 0 Å². The van der Waals surface area contributed by atoms with Crippen LogP contribution in [-0.2, 0) is 19.7 Å². The van der Waals surface area contributed by atoms with Gasteiger partial charge >= 0.3 is 0 Å². The lowest BCUT2D eigenvalue weighted by molar-refractivity contribution is 0.570. The lowest BCUT2D eigenvalue weighted by Crippen LogP contribution is -2.19. The van der Waals surface area contributed by atoms with Gasteiger partial charge in [0, 0.05) is 16.5 Å². The SMILES string of the molecule is O=S1(=O)c2ccccc2S(=O)(=O)c2cc(-c3cccc4cccc(-c5ccc(-n6c7ccccc7c7ccccc76)cc5)c34)ccc21. The van der Waals surface area contributed by atoms with Crippen molar-refractivity contribution in [1.82, 2.24) is 4.57 Å². The summed E-state index contributed by atoms with van der Waals surface area (Å²) in [7, 11) is -8.05. The van der Waals surface area contributed by atoms with Crippen LogP contribution in [0.1, 0.15) is 0 Å². The van der Waals surface area contributed by atoms with Gasteiger partial charge in [-0.2, -0.15) is 0 Å². The predicted octanol–water partition coefficient (Wildman–Crippen LogP) is 9.25. The molecule has 226 valence electrons. The van der Waals surface area contributed by atoms with Gasteiger partial charge in [-0.3, -0.25) is 0 Å². The Labute approximate surface area is 271 Å². The first-order chi connectivity index (χ1) is 22.8. The van der Waals surface area contributed by atoms with Gasteiger partial charge in [-0.25, -0.2) is 16.8 Å². The molecule has 0 atom stereocenters. The Morgan fingerprint density at radius 3 is 1.51 bits per heavy atom. The van der Waals surface area contributed by atoms with Crippen molar-refractivity contribution in [2.45, 2.75) is 19.6 Å². The third-order valence-corrected chi connectivity index (χ3v) is 13.2. The Bertz CT molecular complexity index is 2760. The summed E-state index contributed by atoms with van der Waals surface area (Å²) in [6, 6.07) is 47.8. The second-order valence-electron chi connectivity index (χ2n) is 11.7. The molecule has 0 unspecified atom stereocenters. The van der Waals surface area contributed by atoms with Gasteiger partial charge < -0.3 is 4.57 Å². The summed E-state index contributed by atoms with van der Waals surface area (Å²) < 4.78 is 56.7. The van der Waals surface area contributed by atoms with E-state index in [-0.39, 0.29) is 19.6 Å². The van der Waals surface area contributed by atoms with E-state index in [2.05, 4.69) is 83.4 Å². The van der Waals surface area contributed by atoms with Gasteiger partial charge in [-0.05, 0) is 81.6 Å². The largest absolute Gasteiger partial charge is 0.309 e. The minimum Gasteiger partial charge on any atom is -0.309 e. The Morgan fingerprint density at radius 1 is 0.404 bits per heavy atom. The van der Waals surface area contributed by atoms with Gasteiger partial charge in [0.2, 0.25) is 19.7 Å². The van der Waals surface area contributed by atoms with Crippen LogP contribution >= 0.6 is 0 Å². The second kappa shape index (κ2) is 10.00. The molecule has 9 rings (SSSR count). The molecule has 7 aromatic carbocycles. The van der Waals surface area contributed by atoms with Crippen LogP contribution < -0.4 is 0 Å². The first-order valence-electron chi connectivity index (χ1n) is 15.2. The Hall–Kier alpha value is -5.50. The Morgan fingerprint density at radius 2 is 0.894 bits per heavy atom. The number of fused-ring (bicyclic) bond motifs is 6. The van der Waals surface area contributed by atoms with Crippen molar-refractivity contribution in [3.05, 3.63) is 152 Å². The first-order valence-corrected chi connectivity index (χ1v) is 18.1. The number of sulfone groups is 2. The molecule has 0 radical (unpaired) electrons. The summed E-state index contributed by atoms with van der Waals surface area (Å²) in [5, 5.41) is 4.35. The first kappa shape index (κ1) is 27.8. The summed E-state index contributed by atoms with van der Waals surface area (Å²) in [5.74, 6) is 0. The molecular formula is C40H25NO4S2. The summed E-state index contributed by atoms with van der Waals surface area (Å²) >= 11 is 0. The standard InChI is InChI=1S/C40H25NO4S2/c42-46(43)36-17-5-6-18-37(36)47(44,45)39-25-28(21-24-38(39)46)31-14-8-10-27-9-7-13-30(40(27)31)26-19-22-29(23-20-26)41-34-15-3-1-11-32(34)33-12-2-4-16-35(33)41/h1-25H. The van der Waals surface area contributed by atoms with Gasteiger partial charge in [-0.15, -0.1) is 0 Å². The fraction of sp³-hybridized carbons (Fsp3) is 0. The van der Waals surface area contributed by atoms with Crippen LogP contribution in [0.4, 0.5) is 0 Å². The van der Waals surface area contributed by atoms with Crippen LogP contribution in [0.5, 0.6) is 0 Å². The van der Waals surface area contributed by atoms with Crippen molar-refractivity contribution in [3.63, 3.8) is 0 Å². The highest BCUT2D eigenvalue weighted by molar-refractivity contribution is 7.97. The van der Waals surface area contributed by atoms with E-state index in [1.54, 1.807) is 18.2 Å². The van der Waals surface area contributed by atoms with Gasteiger partial charge in [-0.1, -0.05) is 103 Å². The van der Waals surface area contributed by atoms with E-state index < -0.39 is 19.7 Å². The molecule has 47 heavy (non-hydrogen) atoms. The van der Waals surface area contributed by atoms with Gasteiger partial charge in [0.25, 0.3) is 0 Å². The van der Waals surface area contributed by atoms with Crippen molar-refractivity contribution in [1.29, 1.82) is 0 Å². The number of para-hydroxylation sites is 2. The highest BCUT2D eigenvalue weighted by Crippen LogP contribution is 2.44. The topological polar surface area (TPSA) is 73.2 Å². The van der Waals surface area contributed by atoms with Crippen LogP contribution in [0.3, 0.4) is 0 Å². The van der Waals surface area contributed by atoms with Crippen LogP contribution in [0.25, 0.3) is 60.5 Å². The minimum absolute atomic E-state index is 0.183. The third kappa shape index (κ3) is 4.00. The van der Waals surface area contributed by atoms with E-state index in [1.807, 2.05) is 30.3 Å². The maximum absolute atomic E-state index is 13.7. The zero-order valence-corrected chi connectivity index (χ0v) is 26.5. The number of aromatic nitrogens is 1. The van der Waals surface area contributed by atoms with Crippen LogP contribution in [0.2, 0.25) is 0 Å². The number of hydrogen-bond donors (Lipinski definition) is 0. The van der Waals surface area contributed by atoms with E-state index >= 15 is 0 Å². The maximum Gasteiger partial charge on any atom is 0.209 e. The molecule has 2 heterocycles. The van der Waals surface area contributed by atoms with Crippen LogP contribution in [0.15, 0.2) is 171 Å². The van der Waals surface area contributed by atoms with E-state index in [0.717, 1.165) is 44.2 Å². The molecule has 7 heteroatoms. The Kier molecular flexibility index (Phi) is 5.91. The van der Waals surface area contributed by atoms with E-state index in [4.69, 9.17) is 0 Å². The lowest BCUT2D eigenvalue weighted by atomic mass is 9.91. The third-order valence-electron chi connectivity index (χ3n) is 9.18. The number of rotatable bonds is 3. The molecule has 0 bridgehead atoms. The van der Waals surface area contributed by atoms with Crippen molar-refractivity contribution in [2.75, 3.05) is 0 Å². The molecule has 0 saturated heterocycles. The highest BCUT2D eigenvalue weighted by Gasteiger charge is 2.39. The number of benzene rings is 7. The molecule has 1 aromatic heterocycles. The number of nitrogens with zero attached hydrogens (tertiary/aromatic N) is 1. The zero-order valence-electron chi connectivity index (χ0n) is 24.8. The molecule has 1 aliphatic heterocycles. The van der Waals surface area contributed by atoms with E-state index in [1.165, 1.54) is 35.0 Å². The summed E-state index contributed by atoms with van der Waals surface area (Å²) in [5.41, 5.74) is 6.77. The highest BCUT2D eigenvalue weighted by atomic mass is 32.2. The zero-order chi connectivity index (χ0) is 31.9. The van der Waals surface area contributed by atoms with Gasteiger partial charge in [0.15, 0.2) is 0 Å². The monoisotopic (exact) mass is 647 g/mol. The molecule has 5 nitrogen and oxygen atoms in total. The molecule has 0 N–H and O–H groups in total.